The van der Waals surface area contributed by atoms with Crippen LogP contribution in [-0.4, -0.2) is 25.7 Å². The summed E-state index contributed by atoms with van der Waals surface area (Å²) in [5.74, 6) is -2.04. The van der Waals surface area contributed by atoms with E-state index in [-0.39, 0.29) is 22.1 Å². The molecule has 6 nitrogen and oxygen atoms in total. The molecule has 180 valence electrons. The van der Waals surface area contributed by atoms with Crippen molar-refractivity contribution in [1.29, 1.82) is 0 Å². The summed E-state index contributed by atoms with van der Waals surface area (Å²) >= 11 is 2.29. The highest BCUT2D eigenvalue weighted by molar-refractivity contribution is 8.00. The molecule has 10 heteroatoms. The number of fused-ring (bicyclic) bond motifs is 1. The van der Waals surface area contributed by atoms with Gasteiger partial charge in [0.25, 0.3) is 5.56 Å². The van der Waals surface area contributed by atoms with Gasteiger partial charge in [0.1, 0.15) is 11.6 Å². The number of halogens is 2. The van der Waals surface area contributed by atoms with Gasteiger partial charge in [0.05, 0.1) is 27.5 Å². The van der Waals surface area contributed by atoms with Crippen molar-refractivity contribution in [3.05, 3.63) is 100 Å². The van der Waals surface area contributed by atoms with Crippen molar-refractivity contribution in [2.75, 3.05) is 5.32 Å². The van der Waals surface area contributed by atoms with Crippen LogP contribution in [0.4, 0.5) is 13.9 Å². The summed E-state index contributed by atoms with van der Waals surface area (Å²) in [5.41, 5.74) is 1.41. The molecule has 3 aromatic carbocycles. The highest BCUT2D eigenvalue weighted by atomic mass is 32.2. The third-order valence-electron chi connectivity index (χ3n) is 5.35. The van der Waals surface area contributed by atoms with Crippen LogP contribution < -0.4 is 10.9 Å². The molecule has 1 atom stereocenters. The van der Waals surface area contributed by atoms with Crippen molar-refractivity contribution in [2.45, 2.75) is 17.3 Å². The van der Waals surface area contributed by atoms with Gasteiger partial charge in [0.2, 0.25) is 5.91 Å². The van der Waals surface area contributed by atoms with Gasteiger partial charge < -0.3 is 5.32 Å². The Bertz CT molecular complexity index is 1640. The Kier molecular flexibility index (Phi) is 6.62. The maximum atomic E-state index is 14.7. The van der Waals surface area contributed by atoms with Gasteiger partial charge in [0, 0.05) is 17.0 Å². The number of amides is 1. The monoisotopic (exact) mass is 520 g/mol. The molecule has 2 aromatic heterocycles. The molecule has 0 aliphatic heterocycles. The summed E-state index contributed by atoms with van der Waals surface area (Å²) in [6.45, 7) is 1.65. The molecule has 0 saturated heterocycles. The fourth-order valence-electron chi connectivity index (χ4n) is 3.56. The van der Waals surface area contributed by atoms with E-state index in [1.165, 1.54) is 17.4 Å². The molecule has 36 heavy (non-hydrogen) atoms. The average molecular weight is 521 g/mol. The number of hydrogen-bond acceptors (Lipinski definition) is 6. The van der Waals surface area contributed by atoms with E-state index in [0.717, 1.165) is 33.7 Å². The predicted octanol–water partition coefficient (Wildman–Crippen LogP) is 5.91. The second kappa shape index (κ2) is 10.00. The second-order valence-corrected chi connectivity index (χ2v) is 9.97. The first-order valence-corrected chi connectivity index (χ1v) is 12.6. The summed E-state index contributed by atoms with van der Waals surface area (Å²) in [7, 11) is 0. The zero-order valence-electron chi connectivity index (χ0n) is 18.8. The molecule has 0 spiro atoms. The molecule has 0 bridgehead atoms. The number of carbonyl (C=O) groups excluding carboxylic acids is 1. The topological polar surface area (TPSA) is 76.9 Å². The molecule has 0 radical (unpaired) electrons. The number of thioether (sulfide) groups is 1. The second-order valence-electron chi connectivity index (χ2n) is 7.80. The number of hydrogen-bond donors (Lipinski definition) is 1. The van der Waals surface area contributed by atoms with E-state index in [1.807, 2.05) is 35.7 Å². The Labute approximate surface area is 212 Å². The van der Waals surface area contributed by atoms with Crippen LogP contribution in [0.5, 0.6) is 0 Å². The van der Waals surface area contributed by atoms with Gasteiger partial charge in [-0.3, -0.25) is 14.2 Å². The van der Waals surface area contributed by atoms with Gasteiger partial charge in [-0.1, -0.05) is 54.2 Å². The molecule has 0 fully saturated rings. The van der Waals surface area contributed by atoms with Crippen molar-refractivity contribution >= 4 is 45.0 Å². The van der Waals surface area contributed by atoms with Crippen LogP contribution in [0.25, 0.3) is 27.8 Å². The summed E-state index contributed by atoms with van der Waals surface area (Å²) < 4.78 is 29.3. The van der Waals surface area contributed by atoms with Crippen molar-refractivity contribution in [1.82, 2.24) is 14.5 Å². The van der Waals surface area contributed by atoms with Crippen molar-refractivity contribution in [3.8, 4) is 16.9 Å². The first-order valence-electron chi connectivity index (χ1n) is 10.9. The molecule has 5 rings (SSSR count). The van der Waals surface area contributed by atoms with Crippen molar-refractivity contribution in [2.24, 2.45) is 0 Å². The Morgan fingerprint density at radius 3 is 2.56 bits per heavy atom. The number of benzene rings is 3. The minimum Gasteiger partial charge on any atom is -0.301 e. The Morgan fingerprint density at radius 2 is 1.78 bits per heavy atom. The lowest BCUT2D eigenvalue weighted by Gasteiger charge is -2.16. The molecule has 1 N–H and O–H groups in total. The van der Waals surface area contributed by atoms with Crippen LogP contribution in [0.3, 0.4) is 0 Å². The number of anilines is 1. The van der Waals surface area contributed by atoms with E-state index < -0.39 is 22.4 Å². The van der Waals surface area contributed by atoms with Crippen LogP contribution in [0.2, 0.25) is 0 Å². The smallest absolute Gasteiger partial charge is 0.266 e. The largest absolute Gasteiger partial charge is 0.301 e. The summed E-state index contributed by atoms with van der Waals surface area (Å²) in [6, 6.07) is 19.2. The van der Waals surface area contributed by atoms with Crippen molar-refractivity contribution < 1.29 is 13.6 Å². The molecular formula is C26H18F2N4O2S2. The van der Waals surface area contributed by atoms with Gasteiger partial charge in [-0.15, -0.1) is 11.3 Å². The predicted molar refractivity (Wildman–Crippen MR) is 139 cm³/mol. The van der Waals surface area contributed by atoms with Gasteiger partial charge in [0.15, 0.2) is 10.3 Å². The van der Waals surface area contributed by atoms with Crippen LogP contribution in [0.1, 0.15) is 6.92 Å². The van der Waals surface area contributed by atoms with E-state index in [4.69, 9.17) is 0 Å². The molecule has 5 aromatic rings. The lowest BCUT2D eigenvalue weighted by molar-refractivity contribution is -0.115. The fourth-order valence-corrected chi connectivity index (χ4v) is 5.20. The highest BCUT2D eigenvalue weighted by Gasteiger charge is 2.22. The summed E-state index contributed by atoms with van der Waals surface area (Å²) in [5, 5.41) is 4.74. The van der Waals surface area contributed by atoms with E-state index >= 15 is 0 Å². The molecule has 1 amide bonds. The van der Waals surface area contributed by atoms with Crippen LogP contribution >= 0.6 is 23.1 Å². The van der Waals surface area contributed by atoms with Crippen molar-refractivity contribution in [3.63, 3.8) is 0 Å². The zero-order chi connectivity index (χ0) is 25.2. The molecular weight excluding hydrogens is 502 g/mol. The minimum atomic E-state index is -0.913. The maximum absolute atomic E-state index is 14.7. The number of carbonyl (C=O) groups is 1. The highest BCUT2D eigenvalue weighted by Crippen LogP contribution is 2.29. The molecule has 0 unspecified atom stereocenters. The van der Waals surface area contributed by atoms with E-state index in [0.29, 0.717) is 16.7 Å². The first kappa shape index (κ1) is 23.8. The van der Waals surface area contributed by atoms with Gasteiger partial charge >= 0.3 is 0 Å². The molecule has 0 aliphatic rings. The van der Waals surface area contributed by atoms with Gasteiger partial charge in [-0.25, -0.2) is 18.7 Å². The number of nitrogens with one attached hydrogen (secondary N) is 1. The van der Waals surface area contributed by atoms with Crippen LogP contribution in [-0.2, 0) is 4.79 Å². The Morgan fingerprint density at radius 1 is 1.03 bits per heavy atom. The van der Waals surface area contributed by atoms with E-state index in [2.05, 4.69) is 15.3 Å². The van der Waals surface area contributed by atoms with Crippen LogP contribution in [0, 0.1) is 11.6 Å². The van der Waals surface area contributed by atoms with Crippen LogP contribution in [0.15, 0.2) is 88.1 Å². The Hall–Kier alpha value is -3.89. The van der Waals surface area contributed by atoms with E-state index in [9.17, 15) is 18.4 Å². The quantitative estimate of drug-likeness (QED) is 0.223. The number of aromatic nitrogens is 3. The van der Waals surface area contributed by atoms with E-state index in [1.54, 1.807) is 31.2 Å². The lowest BCUT2D eigenvalue weighted by atomic mass is 10.2. The average Bonchev–Trinajstić information content (AvgIpc) is 3.34. The fraction of sp³-hybridized carbons (Fsp3) is 0.0769. The lowest BCUT2D eigenvalue weighted by Crippen LogP contribution is -2.26. The number of thiazole rings is 1. The minimum absolute atomic E-state index is 0.107. The maximum Gasteiger partial charge on any atom is 0.266 e. The number of nitrogens with zero attached hydrogens (tertiary/aromatic N) is 3. The number of para-hydroxylation sites is 1. The Balaban J connectivity index is 1.45. The summed E-state index contributed by atoms with van der Waals surface area (Å²) in [6.07, 6.45) is 0. The molecule has 0 aliphatic carbocycles. The normalized spacial score (nSPS) is 12.0. The summed E-state index contributed by atoms with van der Waals surface area (Å²) in [4.78, 5) is 35.3. The SMILES string of the molecule is C[C@@H](Sc1nc2ccccc2c(=O)n1-c1ccc(F)cc1F)C(=O)Nc1nc(-c2ccccc2)cs1. The number of rotatable bonds is 6. The van der Waals surface area contributed by atoms with Gasteiger partial charge in [-0.2, -0.15) is 0 Å². The first-order chi connectivity index (χ1) is 17.4. The third-order valence-corrected chi connectivity index (χ3v) is 7.16. The molecule has 2 heterocycles. The zero-order valence-corrected chi connectivity index (χ0v) is 20.4. The van der Waals surface area contributed by atoms with Gasteiger partial charge in [-0.05, 0) is 31.2 Å². The third kappa shape index (κ3) is 4.77. The molecule has 0 saturated carbocycles. The standard InChI is InChI=1S/C26H18F2N4O2S2/c1-15(23(33)31-25-29-21(14-35-25)16-7-3-2-4-8-16)36-26-30-20-10-6-5-9-18(20)24(34)32(26)22-12-11-17(27)13-19(22)28/h2-15H,1H3,(H,29,31,33)/t15-/m1/s1.